The number of halogens is 2. The Morgan fingerprint density at radius 3 is 2.73 bits per heavy atom. The van der Waals surface area contributed by atoms with Crippen LogP contribution in [-0.4, -0.2) is 27.3 Å². The van der Waals surface area contributed by atoms with Gasteiger partial charge in [0, 0.05) is 11.3 Å². The summed E-state index contributed by atoms with van der Waals surface area (Å²) >= 11 is 13.6. The van der Waals surface area contributed by atoms with Crippen molar-refractivity contribution in [1.29, 1.82) is 0 Å². The molecule has 0 radical (unpaired) electrons. The first kappa shape index (κ1) is 20.4. The fraction of sp³-hybridized carbons (Fsp3) is 0.0952. The van der Waals surface area contributed by atoms with Gasteiger partial charge in [-0.05, 0) is 54.8 Å². The number of rotatable bonds is 6. The van der Waals surface area contributed by atoms with Crippen molar-refractivity contribution in [1.82, 2.24) is 14.8 Å². The van der Waals surface area contributed by atoms with Crippen LogP contribution >= 0.6 is 34.5 Å². The Kier molecular flexibility index (Phi) is 6.03. The van der Waals surface area contributed by atoms with Crippen LogP contribution in [0.15, 0.2) is 60.0 Å². The van der Waals surface area contributed by atoms with Gasteiger partial charge in [-0.3, -0.25) is 4.79 Å². The fourth-order valence-electron chi connectivity index (χ4n) is 2.80. The largest absolute Gasteiger partial charge is 0.463 e. The van der Waals surface area contributed by atoms with Gasteiger partial charge in [0.1, 0.15) is 0 Å². The molecule has 1 amide bonds. The van der Waals surface area contributed by atoms with E-state index in [4.69, 9.17) is 27.9 Å². The average molecular weight is 459 g/mol. The molecule has 1 N–H and O–H groups in total. The van der Waals surface area contributed by atoms with E-state index in [2.05, 4.69) is 15.4 Å². The predicted octanol–water partition coefficient (Wildman–Crippen LogP) is 5.95. The minimum absolute atomic E-state index is 0.166. The maximum absolute atomic E-state index is 12.4. The number of carbonyl (C=O) groups excluding carboxylic acids is 1. The van der Waals surface area contributed by atoms with E-state index in [1.807, 2.05) is 48.7 Å². The Morgan fingerprint density at radius 1 is 1.13 bits per heavy atom. The molecule has 0 atom stereocenters. The Bertz CT molecular complexity index is 1190. The highest BCUT2D eigenvalue weighted by Crippen LogP contribution is 2.30. The summed E-state index contributed by atoms with van der Waals surface area (Å²) in [6.07, 6.45) is 0. The topological polar surface area (TPSA) is 69.0 Å². The van der Waals surface area contributed by atoms with E-state index >= 15 is 0 Å². The number of hydrogen-bond acceptors (Lipinski definition) is 5. The van der Waals surface area contributed by atoms with Crippen LogP contribution < -0.4 is 10.1 Å². The van der Waals surface area contributed by atoms with Gasteiger partial charge in [0.05, 0.1) is 27.2 Å². The van der Waals surface area contributed by atoms with Crippen LogP contribution in [0.1, 0.15) is 16.6 Å². The highest BCUT2D eigenvalue weighted by molar-refractivity contribution is 7.12. The summed E-state index contributed by atoms with van der Waals surface area (Å²) in [7, 11) is 0. The molecule has 2 aromatic heterocycles. The standard InChI is InChI=1S/C21H16Cl2N4O2S/c1-2-29-21-25-19(13-8-9-16(22)17(23)11-13)27(26-21)15-6-3-5-14(12-15)24-20(28)18-7-4-10-30-18/h3-12H,2H2,1H3,(H,24,28). The normalized spacial score (nSPS) is 10.8. The van der Waals surface area contributed by atoms with E-state index in [0.717, 1.165) is 5.56 Å². The monoisotopic (exact) mass is 458 g/mol. The number of ether oxygens (including phenoxy) is 1. The van der Waals surface area contributed by atoms with Crippen LogP contribution in [0.4, 0.5) is 5.69 Å². The molecule has 2 aromatic carbocycles. The molecule has 2 heterocycles. The molecule has 0 aliphatic heterocycles. The molecule has 6 nitrogen and oxygen atoms in total. The van der Waals surface area contributed by atoms with E-state index in [-0.39, 0.29) is 11.9 Å². The summed E-state index contributed by atoms with van der Waals surface area (Å²) in [6, 6.07) is 16.4. The van der Waals surface area contributed by atoms with E-state index < -0.39 is 0 Å². The molecule has 0 aliphatic rings. The number of hydrogen-bond donors (Lipinski definition) is 1. The first-order valence-electron chi connectivity index (χ1n) is 9.05. The van der Waals surface area contributed by atoms with Gasteiger partial charge in [-0.1, -0.05) is 35.3 Å². The number of amides is 1. The number of thiophene rings is 1. The number of nitrogens with one attached hydrogen (secondary N) is 1. The molecule has 0 bridgehead atoms. The molecule has 0 saturated heterocycles. The third-order valence-electron chi connectivity index (χ3n) is 4.13. The first-order chi connectivity index (χ1) is 14.5. The minimum atomic E-state index is -0.166. The number of anilines is 1. The highest BCUT2D eigenvalue weighted by atomic mass is 35.5. The molecule has 0 saturated carbocycles. The van der Waals surface area contributed by atoms with Crippen molar-refractivity contribution in [2.45, 2.75) is 6.92 Å². The molecule has 0 aliphatic carbocycles. The van der Waals surface area contributed by atoms with Gasteiger partial charge in [0.2, 0.25) is 0 Å². The van der Waals surface area contributed by atoms with Crippen LogP contribution in [0.5, 0.6) is 6.01 Å². The van der Waals surface area contributed by atoms with Crippen molar-refractivity contribution < 1.29 is 9.53 Å². The SMILES string of the molecule is CCOc1nc(-c2ccc(Cl)c(Cl)c2)n(-c2cccc(NC(=O)c3cccs3)c2)n1. The quantitative estimate of drug-likeness (QED) is 0.387. The maximum Gasteiger partial charge on any atom is 0.336 e. The third kappa shape index (κ3) is 4.33. The predicted molar refractivity (Wildman–Crippen MR) is 120 cm³/mol. The Labute approximate surface area is 187 Å². The molecular formula is C21H16Cl2N4O2S. The molecule has 4 rings (SSSR count). The molecule has 0 fully saturated rings. The van der Waals surface area contributed by atoms with Crippen molar-refractivity contribution in [3.63, 3.8) is 0 Å². The number of benzene rings is 2. The Morgan fingerprint density at radius 2 is 2.00 bits per heavy atom. The number of nitrogens with zero attached hydrogens (tertiary/aromatic N) is 3. The van der Waals surface area contributed by atoms with Gasteiger partial charge in [-0.2, -0.15) is 4.98 Å². The van der Waals surface area contributed by atoms with Crippen LogP contribution in [0.3, 0.4) is 0 Å². The lowest BCUT2D eigenvalue weighted by Crippen LogP contribution is -2.10. The van der Waals surface area contributed by atoms with Crippen LogP contribution in [0.25, 0.3) is 17.1 Å². The molecule has 0 unspecified atom stereocenters. The molecule has 9 heteroatoms. The van der Waals surface area contributed by atoms with Crippen LogP contribution in [0, 0.1) is 0 Å². The highest BCUT2D eigenvalue weighted by Gasteiger charge is 2.16. The summed E-state index contributed by atoms with van der Waals surface area (Å²) in [5.74, 6) is 0.374. The van der Waals surface area contributed by atoms with E-state index in [1.54, 1.807) is 22.9 Å². The van der Waals surface area contributed by atoms with Gasteiger partial charge >= 0.3 is 6.01 Å². The Hall–Kier alpha value is -2.87. The Balaban J connectivity index is 1.72. The lowest BCUT2D eigenvalue weighted by atomic mass is 10.2. The van der Waals surface area contributed by atoms with Crippen LogP contribution in [0.2, 0.25) is 10.0 Å². The second kappa shape index (κ2) is 8.87. The molecule has 4 aromatic rings. The summed E-state index contributed by atoms with van der Waals surface area (Å²) < 4.78 is 7.14. The summed E-state index contributed by atoms with van der Waals surface area (Å²) in [6.45, 7) is 2.29. The molecular weight excluding hydrogens is 443 g/mol. The number of aromatic nitrogens is 3. The van der Waals surface area contributed by atoms with E-state index in [0.29, 0.717) is 38.7 Å². The minimum Gasteiger partial charge on any atom is -0.463 e. The van der Waals surface area contributed by atoms with Crippen LogP contribution in [-0.2, 0) is 0 Å². The van der Waals surface area contributed by atoms with Crippen molar-refractivity contribution in [2.75, 3.05) is 11.9 Å². The second-order valence-electron chi connectivity index (χ2n) is 6.17. The zero-order valence-electron chi connectivity index (χ0n) is 15.8. The lowest BCUT2D eigenvalue weighted by molar-refractivity contribution is 0.103. The van der Waals surface area contributed by atoms with Gasteiger partial charge < -0.3 is 10.1 Å². The zero-order chi connectivity index (χ0) is 21.1. The fourth-order valence-corrected chi connectivity index (χ4v) is 3.72. The summed E-state index contributed by atoms with van der Waals surface area (Å²) in [4.78, 5) is 17.5. The summed E-state index contributed by atoms with van der Waals surface area (Å²) in [5, 5.41) is 10.1. The molecule has 0 spiro atoms. The summed E-state index contributed by atoms with van der Waals surface area (Å²) in [5.41, 5.74) is 2.08. The molecule has 152 valence electrons. The first-order valence-corrected chi connectivity index (χ1v) is 10.7. The molecule has 30 heavy (non-hydrogen) atoms. The van der Waals surface area contributed by atoms with Crippen molar-refractivity contribution >= 4 is 46.1 Å². The average Bonchev–Trinajstić information content (AvgIpc) is 3.41. The van der Waals surface area contributed by atoms with Gasteiger partial charge in [-0.15, -0.1) is 16.4 Å². The van der Waals surface area contributed by atoms with Gasteiger partial charge in [-0.25, -0.2) is 4.68 Å². The zero-order valence-corrected chi connectivity index (χ0v) is 18.1. The number of carbonyl (C=O) groups is 1. The van der Waals surface area contributed by atoms with Gasteiger partial charge in [0.15, 0.2) is 5.82 Å². The smallest absolute Gasteiger partial charge is 0.336 e. The maximum atomic E-state index is 12.4. The van der Waals surface area contributed by atoms with Crippen molar-refractivity contribution in [3.8, 4) is 23.1 Å². The third-order valence-corrected chi connectivity index (χ3v) is 5.74. The van der Waals surface area contributed by atoms with Gasteiger partial charge in [0.25, 0.3) is 5.91 Å². The van der Waals surface area contributed by atoms with Crippen molar-refractivity contribution in [3.05, 3.63) is 74.9 Å². The van der Waals surface area contributed by atoms with E-state index in [9.17, 15) is 4.79 Å². The lowest BCUT2D eigenvalue weighted by Gasteiger charge is -2.09. The van der Waals surface area contributed by atoms with E-state index in [1.165, 1.54) is 11.3 Å². The second-order valence-corrected chi connectivity index (χ2v) is 7.94. The van der Waals surface area contributed by atoms with Crippen molar-refractivity contribution in [2.24, 2.45) is 0 Å².